The van der Waals surface area contributed by atoms with Gasteiger partial charge >= 0.3 is 0 Å². The summed E-state index contributed by atoms with van der Waals surface area (Å²) in [4.78, 5) is 4.35. The number of sulfonamides is 1. The van der Waals surface area contributed by atoms with Crippen LogP contribution >= 0.6 is 15.9 Å². The summed E-state index contributed by atoms with van der Waals surface area (Å²) >= 11 is 3.28. The molecule has 0 spiro atoms. The maximum Gasteiger partial charge on any atom is 0.244 e. The van der Waals surface area contributed by atoms with E-state index in [1.807, 2.05) is 6.92 Å². The van der Waals surface area contributed by atoms with Crippen molar-refractivity contribution in [2.75, 3.05) is 11.9 Å². The lowest BCUT2D eigenvalue weighted by atomic mass is 10.1. The molecule has 0 bridgehead atoms. The van der Waals surface area contributed by atoms with Crippen LogP contribution in [0.3, 0.4) is 0 Å². The fourth-order valence-electron chi connectivity index (χ4n) is 2.51. The molecule has 2 atom stereocenters. The van der Waals surface area contributed by atoms with Gasteiger partial charge in [-0.3, -0.25) is 0 Å². The Balaban J connectivity index is 2.30. The van der Waals surface area contributed by atoms with Crippen molar-refractivity contribution in [1.82, 2.24) is 9.71 Å². The lowest BCUT2D eigenvalue weighted by Crippen LogP contribution is -2.36. The molecule has 0 amide bonds. The van der Waals surface area contributed by atoms with Gasteiger partial charge in [-0.25, -0.2) is 18.1 Å². The third-order valence-electron chi connectivity index (χ3n) is 3.62. The third kappa shape index (κ3) is 3.51. The molecule has 0 saturated heterocycles. The van der Waals surface area contributed by atoms with Crippen molar-refractivity contribution in [3.8, 4) is 0 Å². The largest absolute Gasteiger partial charge is 0.369 e. The maximum atomic E-state index is 12.6. The van der Waals surface area contributed by atoms with Crippen LogP contribution in [0.1, 0.15) is 33.1 Å². The van der Waals surface area contributed by atoms with E-state index in [4.69, 9.17) is 0 Å². The van der Waals surface area contributed by atoms with Crippen molar-refractivity contribution in [3.63, 3.8) is 0 Å². The average Bonchev–Trinajstić information content (AvgIpc) is 2.77. The van der Waals surface area contributed by atoms with E-state index in [-0.39, 0.29) is 10.9 Å². The van der Waals surface area contributed by atoms with Gasteiger partial charge in [0.15, 0.2) is 0 Å². The van der Waals surface area contributed by atoms with Gasteiger partial charge in [0.1, 0.15) is 10.7 Å². The Morgan fingerprint density at radius 1 is 1.45 bits per heavy atom. The molecular formula is C13H20BrN3O2S. The van der Waals surface area contributed by atoms with Gasteiger partial charge in [0.05, 0.1) is 0 Å². The number of rotatable bonds is 5. The molecule has 2 rings (SSSR count). The van der Waals surface area contributed by atoms with Gasteiger partial charge in [-0.05, 0) is 47.7 Å². The summed E-state index contributed by atoms with van der Waals surface area (Å²) in [5, 5.41) is 2.99. The second kappa shape index (κ2) is 6.41. The van der Waals surface area contributed by atoms with E-state index in [1.165, 1.54) is 0 Å². The van der Waals surface area contributed by atoms with Crippen LogP contribution in [0.25, 0.3) is 0 Å². The molecule has 1 aromatic rings. The number of hydrogen-bond acceptors (Lipinski definition) is 4. The Kier molecular flexibility index (Phi) is 5.04. The number of pyridine rings is 1. The van der Waals surface area contributed by atoms with Gasteiger partial charge < -0.3 is 5.32 Å². The minimum atomic E-state index is -3.56. The van der Waals surface area contributed by atoms with Crippen LogP contribution in [0, 0.1) is 5.92 Å². The molecule has 1 aliphatic rings. The molecule has 1 fully saturated rings. The van der Waals surface area contributed by atoms with Gasteiger partial charge in [-0.15, -0.1) is 0 Å². The first-order valence-electron chi connectivity index (χ1n) is 6.85. The fraction of sp³-hybridized carbons (Fsp3) is 0.615. The number of nitrogens with one attached hydrogen (secondary N) is 2. The van der Waals surface area contributed by atoms with Crippen molar-refractivity contribution >= 4 is 31.8 Å². The van der Waals surface area contributed by atoms with Crippen LogP contribution in [0.5, 0.6) is 0 Å². The number of anilines is 1. The van der Waals surface area contributed by atoms with E-state index >= 15 is 0 Å². The van der Waals surface area contributed by atoms with Crippen molar-refractivity contribution in [1.29, 1.82) is 0 Å². The lowest BCUT2D eigenvalue weighted by Gasteiger charge is -2.18. The van der Waals surface area contributed by atoms with Crippen LogP contribution < -0.4 is 10.0 Å². The molecule has 7 heteroatoms. The maximum absolute atomic E-state index is 12.6. The molecule has 1 saturated carbocycles. The predicted molar refractivity (Wildman–Crippen MR) is 83.2 cm³/mol. The zero-order valence-electron chi connectivity index (χ0n) is 11.7. The minimum absolute atomic E-state index is 0.0217. The van der Waals surface area contributed by atoms with Crippen LogP contribution in [0.15, 0.2) is 21.6 Å². The Morgan fingerprint density at radius 2 is 2.20 bits per heavy atom. The van der Waals surface area contributed by atoms with E-state index in [9.17, 15) is 8.42 Å². The smallest absolute Gasteiger partial charge is 0.244 e. The first kappa shape index (κ1) is 15.7. The highest BCUT2D eigenvalue weighted by Gasteiger charge is 2.30. The summed E-state index contributed by atoms with van der Waals surface area (Å²) in [7, 11) is -3.56. The molecule has 0 aliphatic heterocycles. The number of hydrogen-bond donors (Lipinski definition) is 2. The molecule has 1 aromatic heterocycles. The van der Waals surface area contributed by atoms with Crippen molar-refractivity contribution < 1.29 is 8.42 Å². The Bertz CT molecular complexity index is 577. The average molecular weight is 362 g/mol. The van der Waals surface area contributed by atoms with Crippen LogP contribution in [-0.4, -0.2) is 26.0 Å². The molecule has 0 aromatic carbocycles. The highest BCUT2D eigenvalue weighted by Crippen LogP contribution is 2.28. The van der Waals surface area contributed by atoms with Crippen LogP contribution in [0.4, 0.5) is 5.82 Å². The highest BCUT2D eigenvalue weighted by atomic mass is 79.9. The second-order valence-corrected chi connectivity index (χ2v) is 7.76. The van der Waals surface area contributed by atoms with E-state index in [2.05, 4.69) is 37.9 Å². The van der Waals surface area contributed by atoms with Crippen LogP contribution in [-0.2, 0) is 10.0 Å². The van der Waals surface area contributed by atoms with Crippen molar-refractivity contribution in [3.05, 3.63) is 16.7 Å². The van der Waals surface area contributed by atoms with Gasteiger partial charge in [0, 0.05) is 23.3 Å². The first-order chi connectivity index (χ1) is 9.44. The van der Waals surface area contributed by atoms with Gasteiger partial charge in [0.25, 0.3) is 0 Å². The molecular weight excluding hydrogens is 342 g/mol. The summed E-state index contributed by atoms with van der Waals surface area (Å²) in [5.41, 5.74) is 0. The SMILES string of the molecule is CCNc1ncc(Br)cc1S(=O)(=O)NC1CCCC1C. The molecule has 20 heavy (non-hydrogen) atoms. The van der Waals surface area contributed by atoms with Crippen molar-refractivity contribution in [2.45, 2.75) is 44.0 Å². The lowest BCUT2D eigenvalue weighted by molar-refractivity contribution is 0.476. The van der Waals surface area contributed by atoms with E-state index in [0.29, 0.717) is 22.8 Å². The zero-order chi connectivity index (χ0) is 14.8. The normalized spacial score (nSPS) is 22.9. The Hall–Kier alpha value is -0.660. The summed E-state index contributed by atoms with van der Waals surface area (Å²) in [6.45, 7) is 4.62. The quantitative estimate of drug-likeness (QED) is 0.845. The monoisotopic (exact) mass is 361 g/mol. The summed E-state index contributed by atoms with van der Waals surface area (Å²) in [6, 6.07) is 1.61. The zero-order valence-corrected chi connectivity index (χ0v) is 14.1. The fourth-order valence-corrected chi connectivity index (χ4v) is 4.53. The minimum Gasteiger partial charge on any atom is -0.369 e. The molecule has 1 heterocycles. The van der Waals surface area contributed by atoms with E-state index in [1.54, 1.807) is 12.3 Å². The molecule has 112 valence electrons. The molecule has 2 N–H and O–H groups in total. The summed E-state index contributed by atoms with van der Waals surface area (Å²) in [6.07, 6.45) is 4.64. The van der Waals surface area contributed by atoms with E-state index in [0.717, 1.165) is 19.3 Å². The van der Waals surface area contributed by atoms with Gasteiger partial charge in [0.2, 0.25) is 10.0 Å². The van der Waals surface area contributed by atoms with Crippen LogP contribution in [0.2, 0.25) is 0 Å². The standard InChI is InChI=1S/C13H20BrN3O2S/c1-3-15-13-12(7-10(14)8-16-13)20(18,19)17-11-6-4-5-9(11)2/h7-9,11,17H,3-6H2,1-2H3,(H,15,16). The Labute approximate surface area is 128 Å². The summed E-state index contributed by atoms with van der Waals surface area (Å²) in [5.74, 6) is 0.779. The molecule has 0 radical (unpaired) electrons. The summed E-state index contributed by atoms with van der Waals surface area (Å²) < 4.78 is 28.6. The number of aromatic nitrogens is 1. The number of halogens is 1. The molecule has 2 unspecified atom stereocenters. The highest BCUT2D eigenvalue weighted by molar-refractivity contribution is 9.10. The molecule has 1 aliphatic carbocycles. The first-order valence-corrected chi connectivity index (χ1v) is 9.13. The molecule has 5 nitrogen and oxygen atoms in total. The Morgan fingerprint density at radius 3 is 2.80 bits per heavy atom. The van der Waals surface area contributed by atoms with E-state index < -0.39 is 10.0 Å². The topological polar surface area (TPSA) is 71.1 Å². The number of nitrogens with zero attached hydrogens (tertiary/aromatic N) is 1. The predicted octanol–water partition coefficient (Wildman–Crippen LogP) is 2.74. The van der Waals surface area contributed by atoms with Gasteiger partial charge in [-0.2, -0.15) is 0 Å². The third-order valence-corrected chi connectivity index (χ3v) is 5.56. The second-order valence-electron chi connectivity index (χ2n) is 5.17. The van der Waals surface area contributed by atoms with Crippen molar-refractivity contribution in [2.24, 2.45) is 5.92 Å². The van der Waals surface area contributed by atoms with Gasteiger partial charge in [-0.1, -0.05) is 13.3 Å².